The van der Waals surface area contributed by atoms with Crippen LogP contribution in [-0.2, 0) is 6.18 Å². The minimum Gasteiger partial charge on any atom is -0.393 e. The first-order chi connectivity index (χ1) is 8.65. The first-order valence-corrected chi connectivity index (χ1v) is 5.44. The van der Waals surface area contributed by atoms with Gasteiger partial charge in [0.2, 0.25) is 0 Å². The number of benzene rings is 1. The summed E-state index contributed by atoms with van der Waals surface area (Å²) in [4.78, 5) is 11.6. The molecular weight excluding hydrogens is 263 g/mol. The first kappa shape index (κ1) is 15.5. The smallest absolute Gasteiger partial charge is 0.393 e. The van der Waals surface area contributed by atoms with Crippen LogP contribution in [0, 0.1) is 0 Å². The monoisotopic (exact) mass is 277 g/mol. The highest BCUT2D eigenvalue weighted by Crippen LogP contribution is 2.29. The molecule has 0 aromatic heterocycles. The Morgan fingerprint density at radius 1 is 1.26 bits per heavy atom. The second-order valence-corrected chi connectivity index (χ2v) is 4.41. The van der Waals surface area contributed by atoms with Gasteiger partial charge in [0.25, 0.3) is 5.91 Å². The normalized spacial score (nSPS) is 14.8. The van der Waals surface area contributed by atoms with Crippen molar-refractivity contribution in [3.8, 4) is 0 Å². The van der Waals surface area contributed by atoms with Crippen LogP contribution in [0.3, 0.4) is 0 Å². The van der Waals surface area contributed by atoms with Crippen LogP contribution < -0.4 is 5.32 Å². The van der Waals surface area contributed by atoms with Crippen molar-refractivity contribution >= 4 is 5.91 Å². The van der Waals surface area contributed by atoms with Crippen LogP contribution in [-0.4, -0.2) is 34.9 Å². The molecule has 0 aliphatic rings. The summed E-state index contributed by atoms with van der Waals surface area (Å²) >= 11 is 0. The number of nitrogens with one attached hydrogen (secondary N) is 1. The number of hydrogen-bond acceptors (Lipinski definition) is 3. The Morgan fingerprint density at radius 2 is 1.79 bits per heavy atom. The van der Waals surface area contributed by atoms with Crippen molar-refractivity contribution in [3.05, 3.63) is 35.4 Å². The highest BCUT2D eigenvalue weighted by atomic mass is 19.4. The molecule has 3 N–H and O–H groups in total. The number of amides is 1. The molecule has 0 bridgehead atoms. The summed E-state index contributed by atoms with van der Waals surface area (Å²) in [5.74, 6) is -0.623. The second kappa shape index (κ2) is 5.58. The lowest BCUT2D eigenvalue weighted by Crippen LogP contribution is -2.43. The van der Waals surface area contributed by atoms with Gasteiger partial charge in [0, 0.05) is 12.1 Å². The molecule has 106 valence electrons. The molecule has 19 heavy (non-hydrogen) atoms. The van der Waals surface area contributed by atoms with E-state index in [2.05, 4.69) is 5.32 Å². The number of carbonyl (C=O) groups is 1. The van der Waals surface area contributed by atoms with Gasteiger partial charge in [-0.3, -0.25) is 4.79 Å². The van der Waals surface area contributed by atoms with Crippen molar-refractivity contribution in [2.75, 3.05) is 13.2 Å². The van der Waals surface area contributed by atoms with Gasteiger partial charge in [-0.15, -0.1) is 0 Å². The number of rotatable bonds is 4. The fraction of sp³-hybridized carbons (Fsp3) is 0.417. The van der Waals surface area contributed by atoms with Gasteiger partial charge in [0.15, 0.2) is 0 Å². The molecular formula is C12H14F3NO3. The van der Waals surface area contributed by atoms with Gasteiger partial charge in [-0.25, -0.2) is 0 Å². The topological polar surface area (TPSA) is 69.6 Å². The zero-order chi connectivity index (χ0) is 14.7. The summed E-state index contributed by atoms with van der Waals surface area (Å²) in [6.07, 6.45) is -4.45. The number of aliphatic hydroxyl groups is 2. The first-order valence-electron chi connectivity index (χ1n) is 5.44. The Labute approximate surface area is 107 Å². The fourth-order valence-electron chi connectivity index (χ4n) is 1.24. The summed E-state index contributed by atoms with van der Waals surface area (Å²) in [5.41, 5.74) is -2.27. The molecule has 1 unspecified atom stereocenters. The van der Waals surface area contributed by atoms with E-state index in [0.717, 1.165) is 24.3 Å². The molecule has 0 fully saturated rings. The Bertz CT molecular complexity index is 441. The van der Waals surface area contributed by atoms with E-state index >= 15 is 0 Å². The Balaban J connectivity index is 2.69. The summed E-state index contributed by atoms with van der Waals surface area (Å²) in [6.45, 7) is 0.573. The quantitative estimate of drug-likeness (QED) is 0.774. The average Bonchev–Trinajstić information content (AvgIpc) is 2.35. The van der Waals surface area contributed by atoms with Crippen LogP contribution in [0.4, 0.5) is 13.2 Å². The van der Waals surface area contributed by atoms with Crippen LogP contribution in [0.5, 0.6) is 0 Å². The molecule has 1 amide bonds. The average molecular weight is 277 g/mol. The van der Waals surface area contributed by atoms with E-state index < -0.39 is 29.9 Å². The molecule has 1 aromatic rings. The van der Waals surface area contributed by atoms with Gasteiger partial charge < -0.3 is 15.5 Å². The number of alkyl halides is 3. The minimum atomic E-state index is -4.45. The molecule has 7 heteroatoms. The zero-order valence-electron chi connectivity index (χ0n) is 10.2. The Morgan fingerprint density at radius 3 is 2.21 bits per heavy atom. The lowest BCUT2D eigenvalue weighted by atomic mass is 10.1. The van der Waals surface area contributed by atoms with Crippen LogP contribution >= 0.6 is 0 Å². The summed E-state index contributed by atoms with van der Waals surface area (Å²) < 4.78 is 36.9. The standard InChI is InChI=1S/C12H14F3NO3/c1-11(19,7-17)6-16-10(18)8-2-4-9(5-3-8)12(13,14)15/h2-5,17,19H,6-7H2,1H3,(H,16,18). The highest BCUT2D eigenvalue weighted by Gasteiger charge is 2.30. The van der Waals surface area contributed by atoms with Crippen molar-refractivity contribution in [2.45, 2.75) is 18.7 Å². The molecule has 1 rings (SSSR count). The van der Waals surface area contributed by atoms with Crippen LogP contribution in [0.15, 0.2) is 24.3 Å². The van der Waals surface area contributed by atoms with Gasteiger partial charge in [-0.05, 0) is 31.2 Å². The van der Waals surface area contributed by atoms with E-state index in [0.29, 0.717) is 0 Å². The third kappa shape index (κ3) is 4.53. The number of aliphatic hydroxyl groups excluding tert-OH is 1. The minimum absolute atomic E-state index is 0.0433. The van der Waals surface area contributed by atoms with Crippen LogP contribution in [0.1, 0.15) is 22.8 Å². The van der Waals surface area contributed by atoms with Gasteiger partial charge in [-0.1, -0.05) is 0 Å². The maximum absolute atomic E-state index is 12.3. The van der Waals surface area contributed by atoms with Crippen LogP contribution in [0.25, 0.3) is 0 Å². The Hall–Kier alpha value is -1.60. The molecule has 0 saturated carbocycles. The van der Waals surface area contributed by atoms with Crippen molar-refractivity contribution in [3.63, 3.8) is 0 Å². The van der Waals surface area contributed by atoms with E-state index in [1.165, 1.54) is 6.92 Å². The molecule has 0 radical (unpaired) electrons. The molecule has 1 aromatic carbocycles. The summed E-state index contributed by atoms with van der Waals surface area (Å²) in [6, 6.07) is 3.70. The van der Waals surface area contributed by atoms with E-state index in [1.54, 1.807) is 0 Å². The summed E-state index contributed by atoms with van der Waals surface area (Å²) in [5, 5.41) is 20.6. The lowest BCUT2D eigenvalue weighted by Gasteiger charge is -2.20. The van der Waals surface area contributed by atoms with E-state index in [1.807, 2.05) is 0 Å². The van der Waals surface area contributed by atoms with Crippen LogP contribution in [0.2, 0.25) is 0 Å². The highest BCUT2D eigenvalue weighted by molar-refractivity contribution is 5.94. The van der Waals surface area contributed by atoms with Gasteiger partial charge >= 0.3 is 6.18 Å². The molecule has 4 nitrogen and oxygen atoms in total. The van der Waals surface area contributed by atoms with E-state index in [-0.39, 0.29) is 12.1 Å². The fourth-order valence-corrected chi connectivity index (χ4v) is 1.24. The maximum Gasteiger partial charge on any atom is 0.416 e. The molecule has 0 aliphatic heterocycles. The third-order valence-corrected chi connectivity index (χ3v) is 2.44. The number of halogens is 3. The summed E-state index contributed by atoms with van der Waals surface area (Å²) in [7, 11) is 0. The molecule has 1 atom stereocenters. The molecule has 0 heterocycles. The molecule has 0 saturated heterocycles. The van der Waals surface area contributed by atoms with E-state index in [4.69, 9.17) is 5.11 Å². The second-order valence-electron chi connectivity index (χ2n) is 4.41. The predicted molar refractivity (Wildman–Crippen MR) is 61.5 cm³/mol. The molecule has 0 aliphatic carbocycles. The largest absolute Gasteiger partial charge is 0.416 e. The Kier molecular flexibility index (Phi) is 4.54. The lowest BCUT2D eigenvalue weighted by molar-refractivity contribution is -0.137. The molecule has 0 spiro atoms. The SMILES string of the molecule is CC(O)(CO)CNC(=O)c1ccc(C(F)(F)F)cc1. The number of carbonyl (C=O) groups excluding carboxylic acids is 1. The van der Waals surface area contributed by atoms with Crippen molar-refractivity contribution in [1.29, 1.82) is 0 Å². The van der Waals surface area contributed by atoms with Crippen molar-refractivity contribution < 1.29 is 28.2 Å². The van der Waals surface area contributed by atoms with E-state index in [9.17, 15) is 23.1 Å². The predicted octanol–water partition coefficient (Wildman–Crippen LogP) is 1.18. The zero-order valence-corrected chi connectivity index (χ0v) is 10.2. The van der Waals surface area contributed by atoms with Gasteiger partial charge in [0.05, 0.1) is 12.2 Å². The maximum atomic E-state index is 12.3. The number of hydrogen-bond donors (Lipinski definition) is 3. The van der Waals surface area contributed by atoms with Gasteiger partial charge in [-0.2, -0.15) is 13.2 Å². The van der Waals surface area contributed by atoms with Crippen molar-refractivity contribution in [2.24, 2.45) is 0 Å². The van der Waals surface area contributed by atoms with Gasteiger partial charge in [0.1, 0.15) is 5.60 Å². The third-order valence-electron chi connectivity index (χ3n) is 2.44. The van der Waals surface area contributed by atoms with Crippen molar-refractivity contribution in [1.82, 2.24) is 5.32 Å².